The van der Waals surface area contributed by atoms with Crippen LogP contribution in [0, 0.1) is 6.92 Å². The lowest BCUT2D eigenvalue weighted by Crippen LogP contribution is -2.13. The Kier molecular flexibility index (Phi) is 4.04. The predicted molar refractivity (Wildman–Crippen MR) is 79.4 cm³/mol. The number of carbonyl (C=O) groups is 1. The van der Waals surface area contributed by atoms with Crippen LogP contribution < -0.4 is 5.32 Å². The fourth-order valence-electron chi connectivity index (χ4n) is 1.94. The van der Waals surface area contributed by atoms with Gasteiger partial charge in [0.2, 0.25) is 0 Å². The number of benzene rings is 1. The normalized spacial score (nSPS) is 10.5. The molecule has 1 N–H and O–H groups in total. The van der Waals surface area contributed by atoms with E-state index >= 15 is 0 Å². The van der Waals surface area contributed by atoms with Gasteiger partial charge in [-0.2, -0.15) is 5.10 Å². The molecule has 0 radical (unpaired) electrons. The van der Waals surface area contributed by atoms with Crippen LogP contribution >= 0.6 is 15.9 Å². The highest BCUT2D eigenvalue weighted by Gasteiger charge is 2.15. The summed E-state index contributed by atoms with van der Waals surface area (Å²) in [4.78, 5) is 12.3. The molecule has 0 aliphatic rings. The number of aryl methyl sites for hydroxylation is 3. The van der Waals surface area contributed by atoms with Gasteiger partial charge in [0, 0.05) is 23.4 Å². The first kappa shape index (κ1) is 13.8. The Labute approximate surface area is 120 Å². The molecule has 0 atom stereocenters. The van der Waals surface area contributed by atoms with Gasteiger partial charge in [-0.15, -0.1) is 0 Å². The molecule has 0 unspecified atom stereocenters. The summed E-state index contributed by atoms with van der Waals surface area (Å²) in [7, 11) is 1.82. The Morgan fingerprint density at radius 2 is 2.21 bits per heavy atom. The lowest BCUT2D eigenvalue weighted by molar-refractivity contribution is 0.102. The average Bonchev–Trinajstić information content (AvgIpc) is 2.74. The van der Waals surface area contributed by atoms with Gasteiger partial charge in [0.05, 0.1) is 11.3 Å². The Hall–Kier alpha value is -1.62. The summed E-state index contributed by atoms with van der Waals surface area (Å²) in [6.45, 7) is 3.95. The van der Waals surface area contributed by atoms with E-state index in [-0.39, 0.29) is 5.91 Å². The highest BCUT2D eigenvalue weighted by molar-refractivity contribution is 9.10. The number of hydrogen-bond donors (Lipinski definition) is 1. The number of amides is 1. The molecule has 0 aliphatic carbocycles. The zero-order valence-electron chi connectivity index (χ0n) is 11.2. The Balaban J connectivity index is 2.25. The van der Waals surface area contributed by atoms with E-state index in [1.165, 1.54) is 0 Å². The number of nitrogens with one attached hydrogen (secondary N) is 1. The molecular weight excluding hydrogens is 306 g/mol. The molecule has 0 aliphatic heterocycles. The van der Waals surface area contributed by atoms with E-state index in [1.54, 1.807) is 10.9 Å². The molecule has 2 rings (SSSR count). The third-order valence-corrected chi connectivity index (χ3v) is 3.41. The van der Waals surface area contributed by atoms with Crippen molar-refractivity contribution in [3.8, 4) is 0 Å². The quantitative estimate of drug-likeness (QED) is 0.942. The van der Waals surface area contributed by atoms with E-state index < -0.39 is 0 Å². The van der Waals surface area contributed by atoms with Gasteiger partial charge in [-0.1, -0.05) is 22.9 Å². The van der Waals surface area contributed by atoms with Crippen LogP contribution in [0.5, 0.6) is 0 Å². The van der Waals surface area contributed by atoms with E-state index in [1.807, 2.05) is 39.1 Å². The SMILES string of the molecule is CCc1nn(C)cc1C(=O)Nc1ccc(Br)cc1C. The largest absolute Gasteiger partial charge is 0.322 e. The molecule has 5 heteroatoms. The summed E-state index contributed by atoms with van der Waals surface area (Å²) in [5.74, 6) is -0.115. The minimum Gasteiger partial charge on any atom is -0.322 e. The van der Waals surface area contributed by atoms with Gasteiger partial charge in [-0.05, 0) is 37.1 Å². The molecule has 0 fully saturated rings. The number of anilines is 1. The van der Waals surface area contributed by atoms with Crippen LogP contribution in [0.4, 0.5) is 5.69 Å². The molecule has 1 aromatic carbocycles. The molecule has 0 spiro atoms. The summed E-state index contributed by atoms with van der Waals surface area (Å²) < 4.78 is 2.67. The van der Waals surface area contributed by atoms with E-state index in [4.69, 9.17) is 0 Å². The van der Waals surface area contributed by atoms with Crippen molar-refractivity contribution in [1.29, 1.82) is 0 Å². The fourth-order valence-corrected chi connectivity index (χ4v) is 2.42. The maximum Gasteiger partial charge on any atom is 0.259 e. The van der Waals surface area contributed by atoms with Crippen molar-refractivity contribution in [2.24, 2.45) is 7.05 Å². The molecular formula is C14H16BrN3O. The molecule has 1 amide bonds. The summed E-state index contributed by atoms with van der Waals surface area (Å²) in [6.07, 6.45) is 2.49. The maximum absolute atomic E-state index is 12.3. The first-order valence-electron chi connectivity index (χ1n) is 6.11. The van der Waals surface area contributed by atoms with E-state index in [9.17, 15) is 4.79 Å². The topological polar surface area (TPSA) is 46.9 Å². The third-order valence-electron chi connectivity index (χ3n) is 2.92. The minimum absolute atomic E-state index is 0.115. The highest BCUT2D eigenvalue weighted by Crippen LogP contribution is 2.21. The van der Waals surface area contributed by atoms with Gasteiger partial charge in [0.15, 0.2) is 0 Å². The lowest BCUT2D eigenvalue weighted by Gasteiger charge is -2.08. The molecule has 2 aromatic rings. The zero-order valence-corrected chi connectivity index (χ0v) is 12.8. The van der Waals surface area contributed by atoms with Gasteiger partial charge in [-0.25, -0.2) is 0 Å². The van der Waals surface area contributed by atoms with Crippen LogP contribution in [0.3, 0.4) is 0 Å². The summed E-state index contributed by atoms with van der Waals surface area (Å²) in [6, 6.07) is 5.77. The van der Waals surface area contributed by atoms with Gasteiger partial charge in [0.1, 0.15) is 0 Å². The molecule has 1 heterocycles. The predicted octanol–water partition coefficient (Wildman–Crippen LogP) is 3.31. The first-order valence-corrected chi connectivity index (χ1v) is 6.90. The van der Waals surface area contributed by atoms with Crippen molar-refractivity contribution in [1.82, 2.24) is 9.78 Å². The maximum atomic E-state index is 12.3. The number of nitrogens with zero attached hydrogens (tertiary/aromatic N) is 2. The van der Waals surface area contributed by atoms with Gasteiger partial charge in [-0.3, -0.25) is 9.48 Å². The zero-order chi connectivity index (χ0) is 14.0. The fraction of sp³-hybridized carbons (Fsp3) is 0.286. The van der Waals surface area contributed by atoms with E-state index in [0.717, 1.165) is 27.8 Å². The van der Waals surface area contributed by atoms with Gasteiger partial charge >= 0.3 is 0 Å². The Morgan fingerprint density at radius 3 is 2.84 bits per heavy atom. The summed E-state index contributed by atoms with van der Waals surface area (Å²) in [5.41, 5.74) is 3.28. The first-order chi connectivity index (χ1) is 9.01. The number of rotatable bonds is 3. The van der Waals surface area contributed by atoms with E-state index in [2.05, 4.69) is 26.3 Å². The van der Waals surface area contributed by atoms with Crippen LogP contribution in [0.2, 0.25) is 0 Å². The van der Waals surface area contributed by atoms with Gasteiger partial charge < -0.3 is 5.32 Å². The second-order valence-corrected chi connectivity index (χ2v) is 5.35. The lowest BCUT2D eigenvalue weighted by atomic mass is 10.1. The second kappa shape index (κ2) is 5.57. The van der Waals surface area contributed by atoms with Crippen molar-refractivity contribution in [2.75, 3.05) is 5.32 Å². The van der Waals surface area contributed by atoms with Crippen molar-refractivity contribution < 1.29 is 4.79 Å². The Bertz CT molecular complexity index is 619. The summed E-state index contributed by atoms with van der Waals surface area (Å²) >= 11 is 3.41. The molecule has 0 saturated carbocycles. The molecule has 19 heavy (non-hydrogen) atoms. The van der Waals surface area contributed by atoms with Crippen LogP contribution in [0.15, 0.2) is 28.9 Å². The van der Waals surface area contributed by atoms with E-state index in [0.29, 0.717) is 5.56 Å². The molecule has 1 aromatic heterocycles. The van der Waals surface area contributed by atoms with Crippen LogP contribution in [0.25, 0.3) is 0 Å². The molecule has 100 valence electrons. The molecule has 0 bridgehead atoms. The number of carbonyl (C=O) groups excluding carboxylic acids is 1. The smallest absolute Gasteiger partial charge is 0.259 e. The van der Waals surface area contributed by atoms with Crippen LogP contribution in [-0.4, -0.2) is 15.7 Å². The molecule has 0 saturated heterocycles. The van der Waals surface area contributed by atoms with Gasteiger partial charge in [0.25, 0.3) is 5.91 Å². The third kappa shape index (κ3) is 3.04. The summed E-state index contributed by atoms with van der Waals surface area (Å²) in [5, 5.41) is 7.21. The molecule has 4 nitrogen and oxygen atoms in total. The monoisotopic (exact) mass is 321 g/mol. The highest BCUT2D eigenvalue weighted by atomic mass is 79.9. The number of halogens is 1. The van der Waals surface area contributed by atoms with Crippen molar-refractivity contribution in [3.63, 3.8) is 0 Å². The number of aromatic nitrogens is 2. The van der Waals surface area contributed by atoms with Crippen LogP contribution in [0.1, 0.15) is 28.5 Å². The van der Waals surface area contributed by atoms with Crippen molar-refractivity contribution >= 4 is 27.5 Å². The van der Waals surface area contributed by atoms with Crippen LogP contribution in [-0.2, 0) is 13.5 Å². The minimum atomic E-state index is -0.115. The standard InChI is InChI=1S/C14H16BrN3O/c1-4-12-11(8-18(3)17-12)14(19)16-13-6-5-10(15)7-9(13)2/h5-8H,4H2,1-3H3,(H,16,19). The average molecular weight is 322 g/mol. The van der Waals surface area contributed by atoms with Crippen molar-refractivity contribution in [3.05, 3.63) is 45.7 Å². The Morgan fingerprint density at radius 1 is 1.47 bits per heavy atom. The number of hydrogen-bond acceptors (Lipinski definition) is 2. The van der Waals surface area contributed by atoms with Crippen molar-refractivity contribution in [2.45, 2.75) is 20.3 Å². The second-order valence-electron chi connectivity index (χ2n) is 4.43.